The summed E-state index contributed by atoms with van der Waals surface area (Å²) in [6, 6.07) is 0. The molecule has 6 heteroatoms. The van der Waals surface area contributed by atoms with Gasteiger partial charge in [0.2, 0.25) is 5.91 Å². The van der Waals surface area contributed by atoms with Gasteiger partial charge in [-0.15, -0.1) is 0 Å². The summed E-state index contributed by atoms with van der Waals surface area (Å²) in [6.45, 7) is 9.57. The van der Waals surface area contributed by atoms with Crippen LogP contribution in [0, 0.1) is 11.8 Å². The molecule has 0 aromatic rings. The molecule has 2 heterocycles. The fourth-order valence-corrected chi connectivity index (χ4v) is 3.68. The zero-order chi connectivity index (χ0) is 14.6. The number of carbonyl (C=O) groups is 1. The van der Waals surface area contributed by atoms with E-state index in [9.17, 15) is 13.2 Å². The van der Waals surface area contributed by atoms with Crippen LogP contribution in [0.1, 0.15) is 27.7 Å². The second-order valence-electron chi connectivity index (χ2n) is 6.88. The second kappa shape index (κ2) is 4.19. The highest BCUT2D eigenvalue weighted by Crippen LogP contribution is 2.42. The van der Waals surface area contributed by atoms with E-state index in [4.69, 9.17) is 0 Å². The van der Waals surface area contributed by atoms with E-state index in [1.54, 1.807) is 4.90 Å². The summed E-state index contributed by atoms with van der Waals surface area (Å²) < 4.78 is 22.3. The molecule has 0 bridgehead atoms. The fraction of sp³-hybridized carbons (Fsp3) is 0.923. The zero-order valence-corrected chi connectivity index (χ0v) is 13.2. The Morgan fingerprint density at radius 3 is 2.37 bits per heavy atom. The summed E-state index contributed by atoms with van der Waals surface area (Å²) in [5.41, 5.74) is -0.285. The van der Waals surface area contributed by atoms with Crippen LogP contribution in [0.2, 0.25) is 0 Å². The molecule has 0 spiro atoms. The van der Waals surface area contributed by atoms with E-state index in [2.05, 4.69) is 5.32 Å². The molecule has 2 rings (SSSR count). The van der Waals surface area contributed by atoms with Crippen molar-refractivity contribution in [3.8, 4) is 0 Å². The Labute approximate surface area is 115 Å². The molecule has 19 heavy (non-hydrogen) atoms. The quantitative estimate of drug-likeness (QED) is 0.792. The molecule has 2 fully saturated rings. The molecule has 110 valence electrons. The van der Waals surface area contributed by atoms with Crippen molar-refractivity contribution in [1.29, 1.82) is 0 Å². The van der Waals surface area contributed by atoms with Gasteiger partial charge in [-0.05, 0) is 39.5 Å². The number of carbonyl (C=O) groups excluding carboxylic acids is 1. The van der Waals surface area contributed by atoms with Gasteiger partial charge in [0.25, 0.3) is 0 Å². The van der Waals surface area contributed by atoms with E-state index >= 15 is 0 Å². The molecular formula is C13H24N2O3S. The number of fused-ring (bicyclic) bond motifs is 1. The number of nitrogens with zero attached hydrogens (tertiary/aromatic N) is 1. The third-order valence-electron chi connectivity index (χ3n) is 5.05. The first-order valence-corrected chi connectivity index (χ1v) is 8.61. The Morgan fingerprint density at radius 1 is 1.32 bits per heavy atom. The molecule has 1 N–H and O–H groups in total. The van der Waals surface area contributed by atoms with Gasteiger partial charge in [0.05, 0.1) is 0 Å². The number of likely N-dealkylation sites (tertiary alicyclic amines) is 1. The summed E-state index contributed by atoms with van der Waals surface area (Å²) in [6.07, 6.45) is 1.14. The van der Waals surface area contributed by atoms with Crippen LogP contribution in [0.3, 0.4) is 0 Å². The van der Waals surface area contributed by atoms with Crippen molar-refractivity contribution in [3.63, 3.8) is 0 Å². The monoisotopic (exact) mass is 288 g/mol. The lowest BCUT2D eigenvalue weighted by Crippen LogP contribution is -2.56. The Kier molecular flexibility index (Phi) is 3.26. The molecule has 1 amide bonds. The number of hydrogen-bond acceptors (Lipinski definition) is 4. The number of nitrogens with one attached hydrogen (secondary N) is 1. The van der Waals surface area contributed by atoms with Gasteiger partial charge in [-0.1, -0.05) is 0 Å². The highest BCUT2D eigenvalue weighted by atomic mass is 32.2. The summed E-state index contributed by atoms with van der Waals surface area (Å²) in [5, 5.41) is 3.35. The van der Waals surface area contributed by atoms with Crippen LogP contribution in [0.15, 0.2) is 0 Å². The third-order valence-corrected chi connectivity index (χ3v) is 7.08. The van der Waals surface area contributed by atoms with Crippen LogP contribution >= 0.6 is 0 Å². The van der Waals surface area contributed by atoms with Crippen molar-refractivity contribution >= 4 is 15.7 Å². The van der Waals surface area contributed by atoms with Crippen molar-refractivity contribution in [2.45, 2.75) is 38.0 Å². The maximum absolute atomic E-state index is 12.7. The number of amides is 1. The van der Waals surface area contributed by atoms with Crippen LogP contribution in [0.5, 0.6) is 0 Å². The molecule has 2 aliphatic heterocycles. The largest absolute Gasteiger partial charge is 0.336 e. The van der Waals surface area contributed by atoms with Crippen molar-refractivity contribution in [1.82, 2.24) is 10.2 Å². The topological polar surface area (TPSA) is 66.5 Å². The SMILES string of the molecule is CC1(C)C2CNCC2CN1C(=O)C(C)(C)S(C)(=O)=O. The van der Waals surface area contributed by atoms with E-state index < -0.39 is 14.6 Å². The van der Waals surface area contributed by atoms with Gasteiger partial charge in [0.15, 0.2) is 9.84 Å². The van der Waals surface area contributed by atoms with Crippen LogP contribution < -0.4 is 5.32 Å². The van der Waals surface area contributed by atoms with E-state index in [0.29, 0.717) is 18.4 Å². The number of sulfone groups is 1. The normalized spacial score (nSPS) is 30.5. The second-order valence-corrected chi connectivity index (χ2v) is 9.44. The Morgan fingerprint density at radius 2 is 1.89 bits per heavy atom. The number of hydrogen-bond donors (Lipinski definition) is 1. The van der Waals surface area contributed by atoms with Gasteiger partial charge in [0.1, 0.15) is 4.75 Å². The lowest BCUT2D eigenvalue weighted by molar-refractivity contribution is -0.137. The molecule has 2 atom stereocenters. The average molecular weight is 288 g/mol. The summed E-state index contributed by atoms with van der Waals surface area (Å²) in [4.78, 5) is 14.5. The Bertz CT molecular complexity index is 496. The standard InChI is InChI=1S/C13H24N2O3S/c1-12(2)10-7-14-6-9(10)8-15(12)11(16)13(3,4)19(5,17)18/h9-10,14H,6-8H2,1-5H3. The van der Waals surface area contributed by atoms with Gasteiger partial charge in [-0.2, -0.15) is 0 Å². The van der Waals surface area contributed by atoms with Gasteiger partial charge in [0, 0.05) is 31.4 Å². The van der Waals surface area contributed by atoms with Crippen molar-refractivity contribution < 1.29 is 13.2 Å². The van der Waals surface area contributed by atoms with Crippen LogP contribution in [0.4, 0.5) is 0 Å². The molecule has 0 aromatic heterocycles. The van der Waals surface area contributed by atoms with Gasteiger partial charge >= 0.3 is 0 Å². The maximum Gasteiger partial charge on any atom is 0.243 e. The molecule has 2 aliphatic rings. The predicted octanol–water partition coefficient (Wildman–Crippen LogP) is 0.266. The average Bonchev–Trinajstić information content (AvgIpc) is 2.78. The van der Waals surface area contributed by atoms with Crippen molar-refractivity contribution in [3.05, 3.63) is 0 Å². The van der Waals surface area contributed by atoms with E-state index in [0.717, 1.165) is 19.3 Å². The zero-order valence-electron chi connectivity index (χ0n) is 12.4. The lowest BCUT2D eigenvalue weighted by Gasteiger charge is -2.39. The molecule has 5 nitrogen and oxygen atoms in total. The van der Waals surface area contributed by atoms with Gasteiger partial charge < -0.3 is 10.2 Å². The molecular weight excluding hydrogens is 264 g/mol. The summed E-state index contributed by atoms with van der Waals surface area (Å²) in [5.74, 6) is 0.579. The minimum Gasteiger partial charge on any atom is -0.336 e. The molecule has 0 aromatic carbocycles. The van der Waals surface area contributed by atoms with E-state index in [-0.39, 0.29) is 11.4 Å². The smallest absolute Gasteiger partial charge is 0.243 e. The van der Waals surface area contributed by atoms with E-state index in [1.807, 2.05) is 13.8 Å². The van der Waals surface area contributed by atoms with Crippen molar-refractivity contribution in [2.24, 2.45) is 11.8 Å². The third kappa shape index (κ3) is 2.09. The fourth-order valence-electron chi connectivity index (χ4n) is 3.25. The minimum atomic E-state index is -3.42. The lowest BCUT2D eigenvalue weighted by atomic mass is 9.84. The highest BCUT2D eigenvalue weighted by molar-refractivity contribution is 7.92. The van der Waals surface area contributed by atoms with Crippen LogP contribution in [0.25, 0.3) is 0 Å². The molecule has 2 unspecified atom stereocenters. The molecule has 0 aliphatic carbocycles. The highest BCUT2D eigenvalue weighted by Gasteiger charge is 2.55. The molecule has 2 saturated heterocycles. The Hall–Kier alpha value is -0.620. The summed E-state index contributed by atoms with van der Waals surface area (Å²) in [7, 11) is -3.42. The maximum atomic E-state index is 12.7. The van der Waals surface area contributed by atoms with Gasteiger partial charge in [-0.3, -0.25) is 4.79 Å². The minimum absolute atomic E-state index is 0.269. The van der Waals surface area contributed by atoms with Crippen LogP contribution in [-0.4, -0.2) is 55.4 Å². The van der Waals surface area contributed by atoms with Crippen molar-refractivity contribution in [2.75, 3.05) is 25.9 Å². The summed E-state index contributed by atoms with van der Waals surface area (Å²) >= 11 is 0. The molecule has 0 radical (unpaired) electrons. The first-order chi connectivity index (χ1) is 8.49. The van der Waals surface area contributed by atoms with Crippen LogP contribution in [-0.2, 0) is 14.6 Å². The molecule has 0 saturated carbocycles. The first-order valence-electron chi connectivity index (χ1n) is 6.72. The Balaban J connectivity index is 2.31. The van der Waals surface area contributed by atoms with E-state index in [1.165, 1.54) is 13.8 Å². The first kappa shape index (κ1) is 14.8. The predicted molar refractivity (Wildman–Crippen MR) is 74.6 cm³/mol. The number of rotatable bonds is 2. The van der Waals surface area contributed by atoms with Gasteiger partial charge in [-0.25, -0.2) is 8.42 Å².